The van der Waals surface area contributed by atoms with Crippen LogP contribution in [0.3, 0.4) is 0 Å². The van der Waals surface area contributed by atoms with Crippen LogP contribution in [0.25, 0.3) is 0 Å². The SMILES string of the molecule is O=C(O)c1ccc(NS(=O)(=O)CCc2ccccn2)cn1. The van der Waals surface area contributed by atoms with Crippen LogP contribution in [-0.4, -0.2) is 35.2 Å². The predicted molar refractivity (Wildman–Crippen MR) is 76.5 cm³/mol. The molecule has 0 aromatic carbocycles. The van der Waals surface area contributed by atoms with Gasteiger partial charge >= 0.3 is 5.97 Å². The van der Waals surface area contributed by atoms with E-state index in [1.165, 1.54) is 18.3 Å². The molecule has 0 spiro atoms. The first-order valence-corrected chi connectivity index (χ1v) is 7.71. The summed E-state index contributed by atoms with van der Waals surface area (Å²) in [5.74, 6) is -1.29. The van der Waals surface area contributed by atoms with Crippen LogP contribution < -0.4 is 4.72 Å². The maximum atomic E-state index is 11.9. The molecule has 7 nitrogen and oxygen atoms in total. The van der Waals surface area contributed by atoms with Crippen molar-refractivity contribution in [2.75, 3.05) is 10.5 Å². The smallest absolute Gasteiger partial charge is 0.354 e. The first kappa shape index (κ1) is 14.9. The van der Waals surface area contributed by atoms with Gasteiger partial charge in [0.2, 0.25) is 10.0 Å². The lowest BCUT2D eigenvalue weighted by Crippen LogP contribution is -2.18. The molecule has 2 aromatic heterocycles. The number of aryl methyl sites for hydroxylation is 1. The number of aromatic carboxylic acids is 1. The average Bonchev–Trinajstić information content (AvgIpc) is 2.46. The summed E-state index contributed by atoms with van der Waals surface area (Å²) in [5.41, 5.74) is 0.759. The van der Waals surface area contributed by atoms with E-state index in [2.05, 4.69) is 14.7 Å². The van der Waals surface area contributed by atoms with Crippen molar-refractivity contribution in [1.29, 1.82) is 0 Å². The molecule has 2 heterocycles. The number of hydrogen-bond donors (Lipinski definition) is 2. The van der Waals surface area contributed by atoms with Crippen LogP contribution in [0.15, 0.2) is 42.7 Å². The average molecular weight is 307 g/mol. The van der Waals surface area contributed by atoms with Gasteiger partial charge in [-0.05, 0) is 24.3 Å². The Balaban J connectivity index is 1.99. The summed E-state index contributed by atoms with van der Waals surface area (Å²) in [4.78, 5) is 18.3. The quantitative estimate of drug-likeness (QED) is 0.828. The van der Waals surface area contributed by atoms with Gasteiger partial charge in [-0.2, -0.15) is 0 Å². The van der Waals surface area contributed by atoms with Gasteiger partial charge < -0.3 is 5.11 Å². The Morgan fingerprint density at radius 3 is 2.57 bits per heavy atom. The standard InChI is InChI=1S/C13H13N3O4S/c17-13(18)12-5-4-11(9-15-12)16-21(19,20)8-6-10-3-1-2-7-14-10/h1-5,7,9,16H,6,8H2,(H,17,18). The molecule has 0 radical (unpaired) electrons. The second-order valence-electron chi connectivity index (χ2n) is 4.23. The summed E-state index contributed by atoms with van der Waals surface area (Å²) in [6, 6.07) is 7.88. The monoisotopic (exact) mass is 307 g/mol. The highest BCUT2D eigenvalue weighted by Crippen LogP contribution is 2.09. The number of hydrogen-bond acceptors (Lipinski definition) is 5. The van der Waals surface area contributed by atoms with E-state index in [9.17, 15) is 13.2 Å². The Hall–Kier alpha value is -2.48. The van der Waals surface area contributed by atoms with Gasteiger partial charge in [0, 0.05) is 18.3 Å². The molecule has 0 amide bonds. The van der Waals surface area contributed by atoms with E-state index in [1.807, 2.05) is 0 Å². The molecule has 0 saturated carbocycles. The number of sulfonamides is 1. The summed E-state index contributed by atoms with van der Waals surface area (Å²) < 4.78 is 26.2. The zero-order valence-corrected chi connectivity index (χ0v) is 11.7. The minimum Gasteiger partial charge on any atom is -0.477 e. The molecule has 110 valence electrons. The van der Waals surface area contributed by atoms with E-state index < -0.39 is 16.0 Å². The number of rotatable bonds is 6. The van der Waals surface area contributed by atoms with Gasteiger partial charge in [0.25, 0.3) is 0 Å². The third-order valence-corrected chi connectivity index (χ3v) is 3.90. The fraction of sp³-hybridized carbons (Fsp3) is 0.154. The number of carboxylic acid groups (broad SMARTS) is 1. The zero-order valence-electron chi connectivity index (χ0n) is 10.9. The molecule has 0 atom stereocenters. The highest BCUT2D eigenvalue weighted by molar-refractivity contribution is 7.92. The molecule has 2 N–H and O–H groups in total. The lowest BCUT2D eigenvalue weighted by molar-refractivity contribution is 0.0690. The molecule has 2 aromatic rings. The lowest BCUT2D eigenvalue weighted by Gasteiger charge is -2.07. The zero-order chi connectivity index (χ0) is 15.3. The van der Waals surface area contributed by atoms with Gasteiger partial charge in [0.15, 0.2) is 0 Å². The maximum absolute atomic E-state index is 11.9. The Labute approximate surface area is 121 Å². The van der Waals surface area contributed by atoms with Crippen LogP contribution in [0.4, 0.5) is 5.69 Å². The minimum absolute atomic E-state index is 0.120. The summed E-state index contributed by atoms with van der Waals surface area (Å²) in [6.45, 7) is 0. The lowest BCUT2D eigenvalue weighted by atomic mass is 10.3. The normalized spacial score (nSPS) is 11.0. The molecule has 21 heavy (non-hydrogen) atoms. The number of nitrogens with zero attached hydrogens (tertiary/aromatic N) is 2. The number of carboxylic acids is 1. The van der Waals surface area contributed by atoms with Crippen molar-refractivity contribution in [3.63, 3.8) is 0 Å². The Morgan fingerprint density at radius 2 is 2.00 bits per heavy atom. The van der Waals surface area contributed by atoms with Crippen molar-refractivity contribution >= 4 is 21.7 Å². The number of pyridine rings is 2. The van der Waals surface area contributed by atoms with E-state index in [1.54, 1.807) is 24.4 Å². The highest BCUT2D eigenvalue weighted by Gasteiger charge is 2.12. The largest absolute Gasteiger partial charge is 0.477 e. The van der Waals surface area contributed by atoms with Crippen molar-refractivity contribution in [1.82, 2.24) is 9.97 Å². The number of carbonyl (C=O) groups is 1. The van der Waals surface area contributed by atoms with Gasteiger partial charge in [0.1, 0.15) is 5.69 Å². The van der Waals surface area contributed by atoms with Crippen molar-refractivity contribution in [3.05, 3.63) is 54.1 Å². The third kappa shape index (κ3) is 4.53. The van der Waals surface area contributed by atoms with Crippen LogP contribution >= 0.6 is 0 Å². The molecule has 0 aliphatic heterocycles. The molecule has 0 bridgehead atoms. The van der Waals surface area contributed by atoms with Crippen LogP contribution in [0.1, 0.15) is 16.2 Å². The number of anilines is 1. The Bertz CT molecular complexity index is 715. The van der Waals surface area contributed by atoms with E-state index >= 15 is 0 Å². The van der Waals surface area contributed by atoms with E-state index in [0.29, 0.717) is 5.69 Å². The molecule has 0 saturated heterocycles. The van der Waals surface area contributed by atoms with E-state index in [0.717, 1.165) is 0 Å². The Morgan fingerprint density at radius 1 is 1.19 bits per heavy atom. The molecular formula is C13H13N3O4S. The van der Waals surface area contributed by atoms with Crippen molar-refractivity contribution in [2.45, 2.75) is 6.42 Å². The highest BCUT2D eigenvalue weighted by atomic mass is 32.2. The number of aromatic nitrogens is 2. The Kier molecular flexibility index (Phi) is 4.49. The molecular weight excluding hydrogens is 294 g/mol. The van der Waals surface area contributed by atoms with Gasteiger partial charge in [0.05, 0.1) is 17.6 Å². The first-order chi connectivity index (χ1) is 9.96. The number of nitrogens with one attached hydrogen (secondary N) is 1. The van der Waals surface area contributed by atoms with Crippen LogP contribution in [0.2, 0.25) is 0 Å². The third-order valence-electron chi connectivity index (χ3n) is 2.61. The van der Waals surface area contributed by atoms with Gasteiger partial charge in [-0.1, -0.05) is 6.07 Å². The molecule has 8 heteroatoms. The molecule has 0 fully saturated rings. The van der Waals surface area contributed by atoms with Crippen LogP contribution in [0.5, 0.6) is 0 Å². The molecule has 0 unspecified atom stereocenters. The molecule has 2 rings (SSSR count). The second kappa shape index (κ2) is 6.31. The van der Waals surface area contributed by atoms with Gasteiger partial charge in [-0.15, -0.1) is 0 Å². The summed E-state index contributed by atoms with van der Waals surface area (Å²) in [5, 5.41) is 8.71. The van der Waals surface area contributed by atoms with Crippen molar-refractivity contribution in [3.8, 4) is 0 Å². The minimum atomic E-state index is -3.54. The van der Waals surface area contributed by atoms with Gasteiger partial charge in [-0.25, -0.2) is 18.2 Å². The van der Waals surface area contributed by atoms with Gasteiger partial charge in [-0.3, -0.25) is 9.71 Å². The molecule has 0 aliphatic rings. The summed E-state index contributed by atoms with van der Waals surface area (Å²) in [7, 11) is -3.54. The fourth-order valence-corrected chi connectivity index (χ4v) is 2.66. The van der Waals surface area contributed by atoms with Crippen LogP contribution in [0, 0.1) is 0 Å². The summed E-state index contributed by atoms with van der Waals surface area (Å²) >= 11 is 0. The maximum Gasteiger partial charge on any atom is 0.354 e. The van der Waals surface area contributed by atoms with Crippen molar-refractivity contribution in [2.24, 2.45) is 0 Å². The second-order valence-corrected chi connectivity index (χ2v) is 6.07. The van der Waals surface area contributed by atoms with Crippen LogP contribution in [-0.2, 0) is 16.4 Å². The van der Waals surface area contributed by atoms with E-state index in [4.69, 9.17) is 5.11 Å². The first-order valence-electron chi connectivity index (χ1n) is 6.06. The van der Waals surface area contributed by atoms with E-state index in [-0.39, 0.29) is 23.6 Å². The predicted octanol–water partition coefficient (Wildman–Crippen LogP) is 1.16. The topological polar surface area (TPSA) is 109 Å². The van der Waals surface area contributed by atoms with Crippen molar-refractivity contribution < 1.29 is 18.3 Å². The molecule has 0 aliphatic carbocycles. The summed E-state index contributed by atoms with van der Waals surface area (Å²) in [6.07, 6.45) is 3.06. The fourth-order valence-electron chi connectivity index (χ4n) is 1.60.